The molecule has 0 amide bonds. The van der Waals surface area contributed by atoms with Crippen LogP contribution in [0.5, 0.6) is 0 Å². The van der Waals surface area contributed by atoms with Crippen LogP contribution >= 0.6 is 0 Å². The quantitative estimate of drug-likeness (QED) is 0.257. The fourth-order valence-electron chi connectivity index (χ4n) is 0.652. The molecule has 4 heteroatoms. The van der Waals surface area contributed by atoms with Crippen LogP contribution in [0.4, 0.5) is 0 Å². The number of hydroxylamine groups is 2. The lowest BCUT2D eigenvalue weighted by atomic mass is 10.5. The van der Waals surface area contributed by atoms with Gasteiger partial charge in [0.05, 0.1) is 13.2 Å². The lowest BCUT2D eigenvalue weighted by Gasteiger charge is -2.39. The molecule has 1 aliphatic rings. The maximum absolute atomic E-state index is 10.8. The van der Waals surface area contributed by atoms with Gasteiger partial charge in [0.15, 0.2) is 0 Å². The van der Waals surface area contributed by atoms with Gasteiger partial charge in [0.25, 0.3) is 0 Å². The zero-order chi connectivity index (χ0) is 6.04. The van der Waals surface area contributed by atoms with Gasteiger partial charge in [-0.3, -0.25) is 4.76 Å². The molecule has 0 aromatic carbocycles. The molecule has 4 nitrogen and oxygen atoms in total. The number of hydrogen-bond donors (Lipinski definition) is 1. The number of nitrogens with two attached hydrogens (primary N) is 1. The van der Waals surface area contributed by atoms with Gasteiger partial charge in [0, 0.05) is 0 Å². The van der Waals surface area contributed by atoms with Crippen LogP contribution in [0, 0.1) is 5.21 Å². The number of ether oxygens (including phenoxy) is 1. The molecule has 1 heterocycles. The normalized spacial score (nSPS) is 27.8. The van der Waals surface area contributed by atoms with Crippen molar-refractivity contribution in [1.29, 1.82) is 0 Å². The molecule has 0 aliphatic carbocycles. The van der Waals surface area contributed by atoms with E-state index in [1.54, 1.807) is 0 Å². The summed E-state index contributed by atoms with van der Waals surface area (Å²) in [5, 5.41) is 10.8. The number of hydrogen-bond acceptors (Lipinski definition) is 3. The Hall–Kier alpha value is -0.160. The van der Waals surface area contributed by atoms with E-state index in [1.165, 1.54) is 0 Å². The van der Waals surface area contributed by atoms with Crippen molar-refractivity contribution in [3.05, 3.63) is 5.21 Å². The van der Waals surface area contributed by atoms with Gasteiger partial charge in [0.1, 0.15) is 13.1 Å². The first-order valence-corrected chi connectivity index (χ1v) is 2.65. The third-order valence-electron chi connectivity index (χ3n) is 1.23. The number of rotatable bonds is 0. The van der Waals surface area contributed by atoms with Gasteiger partial charge in [-0.15, -0.1) is 0 Å². The molecular formula is C4H10N2O2. The van der Waals surface area contributed by atoms with Gasteiger partial charge < -0.3 is 9.94 Å². The Balaban J connectivity index is 2.33. The highest BCUT2D eigenvalue weighted by Crippen LogP contribution is 1.99. The molecule has 0 aromatic heterocycles. The van der Waals surface area contributed by atoms with Crippen molar-refractivity contribution in [3.63, 3.8) is 0 Å². The van der Waals surface area contributed by atoms with Gasteiger partial charge in [-0.1, -0.05) is 0 Å². The van der Waals surface area contributed by atoms with E-state index < -0.39 is 4.76 Å². The molecule has 0 saturated carbocycles. The standard InChI is InChI=1S/C4H10N2O2/c5-6(7)1-3-8-4-2-6/h1-5H2. The van der Waals surface area contributed by atoms with E-state index in [1.807, 2.05) is 0 Å². The highest BCUT2D eigenvalue weighted by Gasteiger charge is 2.15. The van der Waals surface area contributed by atoms with Crippen LogP contribution in [0.3, 0.4) is 0 Å². The Labute approximate surface area is 48.0 Å². The monoisotopic (exact) mass is 118 g/mol. The van der Waals surface area contributed by atoms with Gasteiger partial charge in [-0.2, -0.15) is 5.84 Å². The average Bonchev–Trinajstić information content (AvgIpc) is 1.65. The lowest BCUT2D eigenvalue weighted by molar-refractivity contribution is -0.900. The minimum atomic E-state index is -0.625. The Morgan fingerprint density at radius 3 is 2.12 bits per heavy atom. The van der Waals surface area contributed by atoms with Crippen LogP contribution in [-0.2, 0) is 4.74 Å². The maximum Gasteiger partial charge on any atom is 0.120 e. The second-order valence-electron chi connectivity index (χ2n) is 2.01. The van der Waals surface area contributed by atoms with E-state index in [2.05, 4.69) is 0 Å². The fourth-order valence-corrected chi connectivity index (χ4v) is 0.652. The largest absolute Gasteiger partial charge is 0.612 e. The number of nitrogens with zero attached hydrogens (tertiary/aromatic N) is 1. The number of quaternary nitrogens is 1. The first-order chi connectivity index (χ1) is 3.71. The molecule has 48 valence electrons. The van der Waals surface area contributed by atoms with E-state index in [0.29, 0.717) is 26.3 Å². The average molecular weight is 118 g/mol. The van der Waals surface area contributed by atoms with E-state index in [4.69, 9.17) is 10.6 Å². The van der Waals surface area contributed by atoms with Crippen LogP contribution in [0.2, 0.25) is 0 Å². The van der Waals surface area contributed by atoms with Crippen LogP contribution < -0.4 is 5.84 Å². The smallest absolute Gasteiger partial charge is 0.120 e. The van der Waals surface area contributed by atoms with Crippen molar-refractivity contribution < 1.29 is 9.49 Å². The first kappa shape index (κ1) is 5.97. The minimum Gasteiger partial charge on any atom is -0.612 e. The Kier molecular flexibility index (Phi) is 1.48. The molecule has 1 fully saturated rings. The zero-order valence-electron chi connectivity index (χ0n) is 4.67. The van der Waals surface area contributed by atoms with Gasteiger partial charge in [-0.25, -0.2) is 0 Å². The van der Waals surface area contributed by atoms with E-state index >= 15 is 0 Å². The van der Waals surface area contributed by atoms with Crippen molar-refractivity contribution >= 4 is 0 Å². The molecule has 2 N–H and O–H groups in total. The summed E-state index contributed by atoms with van der Waals surface area (Å²) in [5.41, 5.74) is 0. The van der Waals surface area contributed by atoms with Crippen LogP contribution in [-0.4, -0.2) is 31.1 Å². The molecule has 0 unspecified atom stereocenters. The Bertz CT molecular complexity index is 76.1. The van der Waals surface area contributed by atoms with Gasteiger partial charge in [-0.05, 0) is 0 Å². The summed E-state index contributed by atoms with van der Waals surface area (Å²) >= 11 is 0. The molecule has 0 spiro atoms. The van der Waals surface area contributed by atoms with Crippen molar-refractivity contribution in [2.24, 2.45) is 5.84 Å². The summed E-state index contributed by atoms with van der Waals surface area (Å²) in [6, 6.07) is 0. The molecule has 0 bridgehead atoms. The first-order valence-electron chi connectivity index (χ1n) is 2.65. The van der Waals surface area contributed by atoms with E-state index in [0.717, 1.165) is 0 Å². The SMILES string of the molecule is N[N+]1([O-])CCOCC1. The zero-order valence-corrected chi connectivity index (χ0v) is 4.67. The molecule has 1 rings (SSSR count). The lowest BCUT2D eigenvalue weighted by Crippen LogP contribution is -2.55. The predicted molar refractivity (Wildman–Crippen MR) is 28.4 cm³/mol. The van der Waals surface area contributed by atoms with Gasteiger partial charge >= 0.3 is 0 Å². The molecule has 0 radical (unpaired) electrons. The molecule has 1 saturated heterocycles. The second-order valence-corrected chi connectivity index (χ2v) is 2.01. The minimum absolute atomic E-state index is 0.389. The van der Waals surface area contributed by atoms with Crippen LogP contribution in [0.15, 0.2) is 0 Å². The Morgan fingerprint density at radius 1 is 1.38 bits per heavy atom. The van der Waals surface area contributed by atoms with Gasteiger partial charge in [0.2, 0.25) is 0 Å². The summed E-state index contributed by atoms with van der Waals surface area (Å²) in [6.45, 7) is 1.78. The molecule has 0 aromatic rings. The topological polar surface area (TPSA) is 58.3 Å². The van der Waals surface area contributed by atoms with Crippen LogP contribution in [0.1, 0.15) is 0 Å². The summed E-state index contributed by atoms with van der Waals surface area (Å²) in [6.07, 6.45) is 0. The highest BCUT2D eigenvalue weighted by molar-refractivity contribution is 4.42. The van der Waals surface area contributed by atoms with Crippen molar-refractivity contribution in [3.8, 4) is 0 Å². The third kappa shape index (κ3) is 1.41. The Morgan fingerprint density at radius 2 is 1.88 bits per heavy atom. The summed E-state index contributed by atoms with van der Waals surface area (Å²) < 4.78 is 4.28. The summed E-state index contributed by atoms with van der Waals surface area (Å²) in [4.78, 5) is 0. The predicted octanol–water partition coefficient (Wildman–Crippen LogP) is -0.795. The maximum atomic E-state index is 10.8. The molecule has 1 aliphatic heterocycles. The summed E-state index contributed by atoms with van der Waals surface area (Å²) in [7, 11) is 0. The molecule has 8 heavy (non-hydrogen) atoms. The highest BCUT2D eigenvalue weighted by atomic mass is 16.6. The van der Waals surface area contributed by atoms with Crippen molar-refractivity contribution in [2.45, 2.75) is 0 Å². The number of morpholine rings is 1. The van der Waals surface area contributed by atoms with Crippen LogP contribution in [0.25, 0.3) is 0 Å². The fraction of sp³-hybridized carbons (Fsp3) is 1.00. The molecule has 0 atom stereocenters. The second kappa shape index (κ2) is 1.99. The molecular weight excluding hydrogens is 108 g/mol. The summed E-state index contributed by atoms with van der Waals surface area (Å²) in [5.74, 6) is 5.18. The van der Waals surface area contributed by atoms with Crippen molar-refractivity contribution in [2.75, 3.05) is 26.3 Å². The van der Waals surface area contributed by atoms with E-state index in [9.17, 15) is 5.21 Å². The van der Waals surface area contributed by atoms with E-state index in [-0.39, 0.29) is 0 Å². The van der Waals surface area contributed by atoms with Crippen molar-refractivity contribution in [1.82, 2.24) is 0 Å². The third-order valence-corrected chi connectivity index (χ3v) is 1.23.